The van der Waals surface area contributed by atoms with Gasteiger partial charge in [0.25, 0.3) is 5.91 Å². The lowest BCUT2D eigenvalue weighted by atomic mass is 10.0. The smallest absolute Gasteiger partial charge is 0.267 e. The van der Waals surface area contributed by atoms with Crippen LogP contribution in [0.4, 0.5) is 0 Å². The number of allylic oxidation sites excluding steroid dienone is 1. The average molecular weight is 306 g/mol. The van der Waals surface area contributed by atoms with E-state index in [2.05, 4.69) is 10.1 Å². The fourth-order valence-electron chi connectivity index (χ4n) is 1.98. The lowest BCUT2D eigenvalue weighted by Gasteiger charge is -2.09. The van der Waals surface area contributed by atoms with Gasteiger partial charge in [0.15, 0.2) is 0 Å². The van der Waals surface area contributed by atoms with E-state index in [4.69, 9.17) is 10.9 Å². The summed E-state index contributed by atoms with van der Waals surface area (Å²) in [5, 5.41) is 23.1. The number of hydrogen-bond donors (Lipinski definition) is 2. The summed E-state index contributed by atoms with van der Waals surface area (Å²) < 4.78 is 0. The summed E-state index contributed by atoms with van der Waals surface area (Å²) in [4.78, 5) is 25.7. The summed E-state index contributed by atoms with van der Waals surface area (Å²) in [7, 11) is 0. The SMILES string of the molecule is CC/C(=C/C(Cc1cccnc1C(N)=O)=N\O)C(C)[N+](=O)[O-]. The molecule has 1 amide bonds. The number of aromatic nitrogens is 1. The summed E-state index contributed by atoms with van der Waals surface area (Å²) >= 11 is 0. The van der Waals surface area contributed by atoms with Crippen LogP contribution in [0.25, 0.3) is 0 Å². The number of oxime groups is 1. The quantitative estimate of drug-likeness (QED) is 0.341. The number of hydrogen-bond acceptors (Lipinski definition) is 6. The third-order valence-electron chi connectivity index (χ3n) is 3.24. The van der Waals surface area contributed by atoms with Crippen molar-refractivity contribution in [3.05, 3.63) is 51.4 Å². The van der Waals surface area contributed by atoms with Gasteiger partial charge in [0.1, 0.15) is 5.69 Å². The molecular formula is C14H18N4O4. The Morgan fingerprint density at radius 1 is 1.64 bits per heavy atom. The molecule has 0 aliphatic rings. The Morgan fingerprint density at radius 3 is 2.82 bits per heavy atom. The van der Waals surface area contributed by atoms with Crippen LogP contribution in [0.5, 0.6) is 0 Å². The number of carbonyl (C=O) groups excluding carboxylic acids is 1. The monoisotopic (exact) mass is 306 g/mol. The van der Waals surface area contributed by atoms with Crippen molar-refractivity contribution in [2.45, 2.75) is 32.7 Å². The second-order valence-corrected chi connectivity index (χ2v) is 4.68. The standard InChI is InChI=1S/C14H18N4O4/c1-3-10(9(2)18(21)22)7-12(17-20)8-11-5-4-6-16-13(11)14(15)19/h4-7,9,20H,3,8H2,1-2H3,(H2,15,19)/b10-7-,17-12+. The molecule has 0 bridgehead atoms. The third-order valence-corrected chi connectivity index (χ3v) is 3.24. The van der Waals surface area contributed by atoms with E-state index in [0.29, 0.717) is 17.6 Å². The maximum absolute atomic E-state index is 11.3. The highest BCUT2D eigenvalue weighted by Crippen LogP contribution is 2.13. The molecule has 8 nitrogen and oxygen atoms in total. The van der Waals surface area contributed by atoms with Crippen LogP contribution in [0.3, 0.4) is 0 Å². The Labute approximate surface area is 127 Å². The van der Waals surface area contributed by atoms with Gasteiger partial charge >= 0.3 is 0 Å². The van der Waals surface area contributed by atoms with Gasteiger partial charge in [-0.25, -0.2) is 0 Å². The lowest BCUT2D eigenvalue weighted by Crippen LogP contribution is -2.20. The molecule has 0 radical (unpaired) electrons. The molecule has 0 aliphatic heterocycles. The number of nitrogens with two attached hydrogens (primary N) is 1. The highest BCUT2D eigenvalue weighted by molar-refractivity contribution is 5.99. The minimum Gasteiger partial charge on any atom is -0.411 e. The van der Waals surface area contributed by atoms with Gasteiger partial charge in [0.2, 0.25) is 6.04 Å². The molecule has 1 aromatic rings. The topological polar surface area (TPSA) is 132 Å². The van der Waals surface area contributed by atoms with Crippen molar-refractivity contribution >= 4 is 11.6 Å². The molecule has 0 aromatic carbocycles. The minimum atomic E-state index is -0.883. The Morgan fingerprint density at radius 2 is 2.32 bits per heavy atom. The van der Waals surface area contributed by atoms with Crippen LogP contribution in [0.1, 0.15) is 36.3 Å². The van der Waals surface area contributed by atoms with Crippen LogP contribution < -0.4 is 5.73 Å². The largest absolute Gasteiger partial charge is 0.411 e. The molecule has 8 heteroatoms. The van der Waals surface area contributed by atoms with E-state index in [9.17, 15) is 14.9 Å². The zero-order valence-electron chi connectivity index (χ0n) is 12.4. The molecular weight excluding hydrogens is 288 g/mol. The summed E-state index contributed by atoms with van der Waals surface area (Å²) in [6.07, 6.45) is 3.43. The molecule has 0 fully saturated rings. The number of pyridine rings is 1. The zero-order valence-corrected chi connectivity index (χ0v) is 12.4. The molecule has 0 spiro atoms. The molecule has 0 saturated heterocycles. The number of nitrogens with zero attached hydrogens (tertiary/aromatic N) is 3. The van der Waals surface area contributed by atoms with Crippen molar-refractivity contribution in [1.29, 1.82) is 0 Å². The molecule has 1 heterocycles. The summed E-state index contributed by atoms with van der Waals surface area (Å²) in [6, 6.07) is 2.38. The molecule has 0 aliphatic carbocycles. The number of amides is 1. The van der Waals surface area contributed by atoms with E-state index in [1.165, 1.54) is 19.2 Å². The van der Waals surface area contributed by atoms with Crippen molar-refractivity contribution < 1.29 is 14.9 Å². The van der Waals surface area contributed by atoms with Gasteiger partial charge in [-0.3, -0.25) is 19.9 Å². The van der Waals surface area contributed by atoms with Crippen LogP contribution in [0.15, 0.2) is 35.1 Å². The van der Waals surface area contributed by atoms with E-state index in [0.717, 1.165) is 0 Å². The maximum Gasteiger partial charge on any atom is 0.267 e. The predicted molar refractivity (Wildman–Crippen MR) is 80.5 cm³/mol. The lowest BCUT2D eigenvalue weighted by molar-refractivity contribution is -0.507. The van der Waals surface area contributed by atoms with E-state index in [1.807, 2.05) is 0 Å². The van der Waals surface area contributed by atoms with E-state index < -0.39 is 16.9 Å². The Kier molecular flexibility index (Phi) is 6.18. The van der Waals surface area contributed by atoms with Crippen molar-refractivity contribution in [3.63, 3.8) is 0 Å². The van der Waals surface area contributed by atoms with Gasteiger partial charge < -0.3 is 10.9 Å². The molecule has 1 rings (SSSR count). The molecule has 1 aromatic heterocycles. The van der Waals surface area contributed by atoms with Crippen molar-refractivity contribution in [1.82, 2.24) is 4.98 Å². The second kappa shape index (κ2) is 7.87. The van der Waals surface area contributed by atoms with Gasteiger partial charge in [-0.1, -0.05) is 18.1 Å². The molecule has 118 valence electrons. The Hall–Kier alpha value is -2.77. The van der Waals surface area contributed by atoms with Crippen LogP contribution in [0, 0.1) is 10.1 Å². The van der Waals surface area contributed by atoms with Crippen molar-refractivity contribution in [2.24, 2.45) is 10.9 Å². The number of rotatable bonds is 7. The fourth-order valence-corrected chi connectivity index (χ4v) is 1.98. The van der Waals surface area contributed by atoms with Crippen molar-refractivity contribution in [2.75, 3.05) is 0 Å². The second-order valence-electron chi connectivity index (χ2n) is 4.68. The van der Waals surface area contributed by atoms with Crippen molar-refractivity contribution in [3.8, 4) is 0 Å². The predicted octanol–water partition coefficient (Wildman–Crippen LogP) is 1.55. The maximum atomic E-state index is 11.3. The summed E-state index contributed by atoms with van der Waals surface area (Å²) in [5.74, 6) is -0.689. The Balaban J connectivity index is 3.09. The average Bonchev–Trinajstić information content (AvgIpc) is 2.50. The molecule has 0 saturated carbocycles. The van der Waals surface area contributed by atoms with Crippen LogP contribution in [-0.2, 0) is 6.42 Å². The normalized spacial score (nSPS) is 13.7. The zero-order chi connectivity index (χ0) is 16.7. The first kappa shape index (κ1) is 17.3. The van der Waals surface area contributed by atoms with Gasteiger partial charge in [0.05, 0.1) is 5.71 Å². The Bertz CT molecular complexity index is 625. The highest BCUT2D eigenvalue weighted by Gasteiger charge is 2.19. The minimum absolute atomic E-state index is 0.0809. The summed E-state index contributed by atoms with van der Waals surface area (Å²) in [6.45, 7) is 3.24. The van der Waals surface area contributed by atoms with Gasteiger partial charge in [-0.2, -0.15) is 0 Å². The number of carbonyl (C=O) groups is 1. The highest BCUT2D eigenvalue weighted by atomic mass is 16.6. The first-order valence-electron chi connectivity index (χ1n) is 6.69. The van der Waals surface area contributed by atoms with E-state index >= 15 is 0 Å². The van der Waals surface area contributed by atoms with Crippen LogP contribution >= 0.6 is 0 Å². The fraction of sp³-hybridized carbons (Fsp3) is 0.357. The van der Waals surface area contributed by atoms with Gasteiger partial charge in [-0.15, -0.1) is 0 Å². The molecule has 1 unspecified atom stereocenters. The summed E-state index contributed by atoms with van der Waals surface area (Å²) in [5.41, 5.74) is 6.52. The number of nitro groups is 1. The number of primary amides is 1. The van der Waals surface area contributed by atoms with Gasteiger partial charge in [0, 0.05) is 30.0 Å². The molecule has 22 heavy (non-hydrogen) atoms. The molecule has 1 atom stereocenters. The third kappa shape index (κ3) is 4.37. The van der Waals surface area contributed by atoms with Crippen LogP contribution in [-0.4, -0.2) is 32.8 Å². The molecule has 3 N–H and O–H groups in total. The van der Waals surface area contributed by atoms with Gasteiger partial charge in [-0.05, 0) is 24.1 Å². The first-order chi connectivity index (χ1) is 10.4. The van der Waals surface area contributed by atoms with E-state index in [-0.39, 0.29) is 17.8 Å². The van der Waals surface area contributed by atoms with E-state index in [1.54, 1.807) is 19.1 Å². The first-order valence-corrected chi connectivity index (χ1v) is 6.69. The van der Waals surface area contributed by atoms with Crippen LogP contribution in [0.2, 0.25) is 0 Å².